The van der Waals surface area contributed by atoms with Crippen molar-refractivity contribution >= 4 is 91.1 Å². The number of anilines is 2. The molecule has 10 heteroatoms. The molecule has 1 aliphatic heterocycles. The number of fused-ring (bicyclic) bond motifs is 1. The molecule has 1 atom stereocenters. The van der Waals surface area contributed by atoms with E-state index in [0.717, 1.165) is 44.1 Å². The normalized spacial score (nSPS) is 16.1. The first kappa shape index (κ1) is 21.7. The largest absolute Gasteiger partial charge is 0.353 e. The number of nitrogens with one attached hydrogen (secondary N) is 1. The zero-order valence-corrected chi connectivity index (χ0v) is 21.9. The number of thioether (sulfide) groups is 2. The fourth-order valence-electron chi connectivity index (χ4n) is 3.13. The Balaban J connectivity index is 1.73. The lowest BCUT2D eigenvalue weighted by atomic mass is 10.1. The summed E-state index contributed by atoms with van der Waals surface area (Å²) in [6, 6.07) is 8.29. The summed E-state index contributed by atoms with van der Waals surface area (Å²) in [5.74, 6) is 1.95. The van der Waals surface area contributed by atoms with Crippen LogP contribution in [0.4, 0.5) is 11.4 Å². The van der Waals surface area contributed by atoms with Crippen molar-refractivity contribution in [2.24, 2.45) is 4.99 Å². The van der Waals surface area contributed by atoms with E-state index in [9.17, 15) is 0 Å². The van der Waals surface area contributed by atoms with E-state index in [1.165, 1.54) is 5.56 Å². The van der Waals surface area contributed by atoms with Crippen LogP contribution in [-0.4, -0.2) is 36.9 Å². The Morgan fingerprint density at radius 2 is 2.07 bits per heavy atom. The van der Waals surface area contributed by atoms with Crippen molar-refractivity contribution in [1.82, 2.24) is 14.3 Å². The van der Waals surface area contributed by atoms with Gasteiger partial charge in [0.05, 0.1) is 28.3 Å². The molecular formula is C19H20ClIN5PS2. The number of benzene rings is 1. The molecule has 0 aliphatic carbocycles. The van der Waals surface area contributed by atoms with Crippen molar-refractivity contribution in [2.45, 2.75) is 31.2 Å². The van der Waals surface area contributed by atoms with E-state index in [-0.39, 0.29) is 5.54 Å². The van der Waals surface area contributed by atoms with Gasteiger partial charge in [-0.1, -0.05) is 17.7 Å². The third kappa shape index (κ3) is 4.42. The second kappa shape index (κ2) is 8.54. The van der Waals surface area contributed by atoms with Gasteiger partial charge in [0.1, 0.15) is 16.5 Å². The van der Waals surface area contributed by atoms with Crippen molar-refractivity contribution in [1.29, 1.82) is 0 Å². The topological polar surface area (TPSA) is 55.1 Å². The number of imidazole rings is 1. The van der Waals surface area contributed by atoms with Crippen molar-refractivity contribution in [2.75, 3.05) is 17.3 Å². The molecule has 0 saturated carbocycles. The van der Waals surface area contributed by atoms with Crippen LogP contribution in [-0.2, 0) is 0 Å². The van der Waals surface area contributed by atoms with Gasteiger partial charge >= 0.3 is 0 Å². The molecule has 2 aromatic heterocycles. The van der Waals surface area contributed by atoms with Crippen molar-refractivity contribution < 1.29 is 0 Å². The molecule has 0 saturated heterocycles. The molecule has 5 nitrogen and oxygen atoms in total. The SMILES string of the molecule is CSc1cc(C2=NC(C)(C)CS2)ccc1Nc1cc(Cl)nc2c1nc(C)n2PI. The Kier molecular flexibility index (Phi) is 6.38. The van der Waals surface area contributed by atoms with Gasteiger partial charge in [-0.3, -0.25) is 9.33 Å². The number of aryl methyl sites for hydroxylation is 1. The molecule has 0 spiro atoms. The minimum Gasteiger partial charge on any atom is -0.353 e. The van der Waals surface area contributed by atoms with Crippen LogP contribution in [0.15, 0.2) is 34.2 Å². The number of aromatic nitrogens is 3. The van der Waals surface area contributed by atoms with Crippen LogP contribution in [0.2, 0.25) is 5.15 Å². The van der Waals surface area contributed by atoms with Crippen LogP contribution in [0.3, 0.4) is 0 Å². The summed E-state index contributed by atoms with van der Waals surface area (Å²) in [6.07, 6.45) is 2.60. The molecule has 152 valence electrons. The number of hydrogen-bond donors (Lipinski definition) is 1. The summed E-state index contributed by atoms with van der Waals surface area (Å²) in [4.78, 5) is 15.2. The number of halogens is 2. The Morgan fingerprint density at radius 1 is 1.28 bits per heavy atom. The third-order valence-electron chi connectivity index (χ3n) is 4.52. The Labute approximate surface area is 198 Å². The van der Waals surface area contributed by atoms with E-state index < -0.39 is 0 Å². The summed E-state index contributed by atoms with van der Waals surface area (Å²) in [7, 11) is 0. The van der Waals surface area contributed by atoms with Crippen LogP contribution in [0.1, 0.15) is 25.2 Å². The Bertz CT molecular complexity index is 1130. The highest BCUT2D eigenvalue weighted by Gasteiger charge is 2.26. The molecule has 0 bridgehead atoms. The number of nitrogens with zero attached hydrogens (tertiary/aromatic N) is 4. The van der Waals surface area contributed by atoms with E-state index in [2.05, 4.69) is 75.0 Å². The van der Waals surface area contributed by atoms with Gasteiger partial charge in [-0.25, -0.2) is 9.97 Å². The zero-order valence-electron chi connectivity index (χ0n) is 16.4. The van der Waals surface area contributed by atoms with Gasteiger partial charge in [0.2, 0.25) is 0 Å². The lowest BCUT2D eigenvalue weighted by Gasteiger charge is -2.13. The molecule has 1 N–H and O–H groups in total. The van der Waals surface area contributed by atoms with Gasteiger partial charge in [0.25, 0.3) is 0 Å². The van der Waals surface area contributed by atoms with Gasteiger partial charge in [-0.05, 0) is 61.2 Å². The molecule has 29 heavy (non-hydrogen) atoms. The molecule has 1 unspecified atom stereocenters. The molecule has 4 rings (SSSR count). The maximum atomic E-state index is 6.32. The van der Waals surface area contributed by atoms with Crippen LogP contribution in [0, 0.1) is 6.92 Å². The highest BCUT2D eigenvalue weighted by molar-refractivity contribution is 14.2. The number of pyridine rings is 1. The maximum absolute atomic E-state index is 6.32. The molecular weight excluding hydrogens is 556 g/mol. The van der Waals surface area contributed by atoms with Gasteiger partial charge in [0.15, 0.2) is 5.65 Å². The Morgan fingerprint density at radius 3 is 2.72 bits per heavy atom. The predicted molar refractivity (Wildman–Crippen MR) is 140 cm³/mol. The van der Waals surface area contributed by atoms with Crippen LogP contribution >= 0.6 is 63.5 Å². The molecule has 1 aliphatic rings. The summed E-state index contributed by atoms with van der Waals surface area (Å²) in [6.45, 7) is 6.34. The standard InChI is InChI=1S/C19H20ClIN5PS2/c1-10-22-16-13(8-15(20)24-17(16)26(10)27-21)23-12-6-5-11(7-14(12)28-4)18-25-19(2,3)9-29-18/h5-8,27H,9H2,1-4H3,(H,23,24). The quantitative estimate of drug-likeness (QED) is 0.155. The molecule has 1 aromatic carbocycles. The first-order chi connectivity index (χ1) is 13.8. The molecule has 0 radical (unpaired) electrons. The van der Waals surface area contributed by atoms with Gasteiger partial charge < -0.3 is 5.32 Å². The average Bonchev–Trinajstić information content (AvgIpc) is 3.20. The fourth-order valence-corrected chi connectivity index (χ4v) is 7.20. The van der Waals surface area contributed by atoms with E-state index in [1.54, 1.807) is 11.8 Å². The van der Waals surface area contributed by atoms with Crippen molar-refractivity contribution in [3.63, 3.8) is 0 Å². The second-order valence-electron chi connectivity index (χ2n) is 7.30. The van der Waals surface area contributed by atoms with Crippen LogP contribution < -0.4 is 5.32 Å². The summed E-state index contributed by atoms with van der Waals surface area (Å²) in [5, 5.41) is 5.11. The summed E-state index contributed by atoms with van der Waals surface area (Å²) >= 11 is 12.2. The predicted octanol–water partition coefficient (Wildman–Crippen LogP) is 6.92. The van der Waals surface area contributed by atoms with E-state index in [0.29, 0.717) is 11.5 Å². The Hall–Kier alpha value is -0.540. The monoisotopic (exact) mass is 575 g/mol. The first-order valence-corrected chi connectivity index (χ1v) is 15.6. The maximum Gasteiger partial charge on any atom is 0.167 e. The smallest absolute Gasteiger partial charge is 0.167 e. The first-order valence-electron chi connectivity index (χ1n) is 8.91. The summed E-state index contributed by atoms with van der Waals surface area (Å²) in [5.41, 5.74) is 4.71. The van der Waals surface area contributed by atoms with Gasteiger partial charge in [0, 0.05) is 22.3 Å². The summed E-state index contributed by atoms with van der Waals surface area (Å²) < 4.78 is 2.09. The number of rotatable bonds is 5. The molecule has 3 heterocycles. The average molecular weight is 576 g/mol. The number of aliphatic imine (C=N–C) groups is 1. The highest BCUT2D eigenvalue weighted by atomic mass is 127. The minimum absolute atomic E-state index is 0.00580. The van der Waals surface area contributed by atoms with E-state index in [1.807, 2.05) is 24.8 Å². The molecule has 0 fully saturated rings. The van der Waals surface area contributed by atoms with E-state index >= 15 is 0 Å². The van der Waals surface area contributed by atoms with E-state index in [4.69, 9.17) is 21.6 Å². The lowest BCUT2D eigenvalue weighted by Crippen LogP contribution is -2.15. The van der Waals surface area contributed by atoms with Crippen LogP contribution in [0.25, 0.3) is 11.2 Å². The zero-order chi connectivity index (χ0) is 20.8. The lowest BCUT2D eigenvalue weighted by molar-refractivity contribution is 0.605. The van der Waals surface area contributed by atoms with Crippen LogP contribution in [0.5, 0.6) is 0 Å². The second-order valence-corrected chi connectivity index (χ2v) is 11.6. The minimum atomic E-state index is 0.00580. The molecule has 3 aromatic rings. The highest BCUT2D eigenvalue weighted by Crippen LogP contribution is 2.38. The van der Waals surface area contributed by atoms with Gasteiger partial charge in [-0.2, -0.15) is 0 Å². The van der Waals surface area contributed by atoms with Gasteiger partial charge in [-0.15, -0.1) is 23.5 Å². The fraction of sp³-hybridized carbons (Fsp3) is 0.316. The number of hydrogen-bond acceptors (Lipinski definition) is 6. The third-order valence-corrected chi connectivity index (χ3v) is 9.09. The van der Waals surface area contributed by atoms with Crippen molar-refractivity contribution in [3.8, 4) is 0 Å². The van der Waals surface area contributed by atoms with Crippen molar-refractivity contribution in [3.05, 3.63) is 40.8 Å². The molecule has 0 amide bonds.